The van der Waals surface area contributed by atoms with Crippen molar-refractivity contribution in [2.24, 2.45) is 0 Å². The van der Waals surface area contributed by atoms with E-state index < -0.39 is 11.6 Å². The van der Waals surface area contributed by atoms with E-state index in [2.05, 4.69) is 5.32 Å². The molecule has 5 heteroatoms. The molecule has 0 spiro atoms. The number of aliphatic hydroxyl groups is 1. The van der Waals surface area contributed by atoms with Crippen LogP contribution in [0.3, 0.4) is 0 Å². The first-order valence-corrected chi connectivity index (χ1v) is 5.33. The smallest absolute Gasteiger partial charge is 0.336 e. The zero-order valence-corrected chi connectivity index (χ0v) is 9.61. The molecule has 1 aromatic rings. The minimum Gasteiger partial charge on any atom is -0.479 e. The summed E-state index contributed by atoms with van der Waals surface area (Å²) in [5, 5.41) is 20.9. The topological polar surface area (TPSA) is 69.6 Å². The van der Waals surface area contributed by atoms with Crippen LogP contribution in [0.25, 0.3) is 0 Å². The van der Waals surface area contributed by atoms with Crippen LogP contribution in [-0.2, 0) is 11.2 Å². The van der Waals surface area contributed by atoms with Crippen molar-refractivity contribution in [3.63, 3.8) is 0 Å². The van der Waals surface area contributed by atoms with Crippen LogP contribution >= 0.6 is 0 Å². The minimum atomic E-state index is -1.78. The summed E-state index contributed by atoms with van der Waals surface area (Å²) in [6.45, 7) is 1.66. The van der Waals surface area contributed by atoms with E-state index in [1.165, 1.54) is 19.1 Å². The molecule has 1 aromatic carbocycles. The van der Waals surface area contributed by atoms with Gasteiger partial charge in [0.15, 0.2) is 5.60 Å². The van der Waals surface area contributed by atoms with Crippen LogP contribution in [-0.4, -0.2) is 34.9 Å². The summed E-state index contributed by atoms with van der Waals surface area (Å²) in [5.74, 6) is -1.56. The lowest BCUT2D eigenvalue weighted by Crippen LogP contribution is -2.45. The van der Waals surface area contributed by atoms with Crippen molar-refractivity contribution in [3.8, 4) is 0 Å². The van der Waals surface area contributed by atoms with Crippen molar-refractivity contribution in [1.29, 1.82) is 0 Å². The lowest BCUT2D eigenvalue weighted by atomic mass is 10.1. The molecule has 1 rings (SSSR count). The van der Waals surface area contributed by atoms with Gasteiger partial charge in [-0.2, -0.15) is 0 Å². The second kappa shape index (κ2) is 5.75. The van der Waals surface area contributed by atoms with Crippen LogP contribution in [0.1, 0.15) is 12.5 Å². The van der Waals surface area contributed by atoms with E-state index in [0.717, 1.165) is 5.56 Å². The molecule has 0 saturated heterocycles. The van der Waals surface area contributed by atoms with Crippen LogP contribution < -0.4 is 5.32 Å². The quantitative estimate of drug-likeness (QED) is 0.644. The summed E-state index contributed by atoms with van der Waals surface area (Å²) in [6.07, 6.45) is 0.577. The van der Waals surface area contributed by atoms with Gasteiger partial charge in [-0.1, -0.05) is 12.1 Å². The highest BCUT2D eigenvalue weighted by Crippen LogP contribution is 2.04. The first-order valence-electron chi connectivity index (χ1n) is 5.33. The third-order valence-corrected chi connectivity index (χ3v) is 2.41. The maximum absolute atomic E-state index is 12.8. The van der Waals surface area contributed by atoms with E-state index in [1.54, 1.807) is 12.1 Å². The molecule has 0 amide bonds. The number of rotatable bonds is 6. The van der Waals surface area contributed by atoms with Crippen LogP contribution in [0.4, 0.5) is 4.39 Å². The molecule has 0 aliphatic heterocycles. The molecule has 0 heterocycles. The predicted octanol–water partition coefficient (Wildman–Crippen LogP) is 0.793. The zero-order chi connectivity index (χ0) is 12.9. The van der Waals surface area contributed by atoms with Gasteiger partial charge in [0.05, 0.1) is 0 Å². The standard InChI is InChI=1S/C12H16FNO3/c1-12(17,11(15)16)8-14-6-5-9-3-2-4-10(13)7-9/h2-4,7,14,17H,5-6,8H2,1H3,(H,15,16). The highest BCUT2D eigenvalue weighted by atomic mass is 19.1. The summed E-state index contributed by atoms with van der Waals surface area (Å²) in [6, 6.07) is 6.21. The molecule has 3 N–H and O–H groups in total. The Balaban J connectivity index is 2.32. The van der Waals surface area contributed by atoms with E-state index in [9.17, 15) is 14.3 Å². The summed E-state index contributed by atoms with van der Waals surface area (Å²) < 4.78 is 12.8. The normalized spacial score (nSPS) is 14.3. The molecule has 0 fully saturated rings. The van der Waals surface area contributed by atoms with Crippen molar-refractivity contribution in [2.45, 2.75) is 18.9 Å². The number of benzene rings is 1. The lowest BCUT2D eigenvalue weighted by molar-refractivity contribution is -0.156. The minimum absolute atomic E-state index is 0.0440. The third kappa shape index (κ3) is 4.50. The fourth-order valence-electron chi connectivity index (χ4n) is 1.33. The summed E-state index contributed by atoms with van der Waals surface area (Å²) in [7, 11) is 0. The van der Waals surface area contributed by atoms with Gasteiger partial charge in [0.25, 0.3) is 0 Å². The number of carbonyl (C=O) groups is 1. The van der Waals surface area contributed by atoms with Crippen molar-refractivity contribution in [2.75, 3.05) is 13.1 Å². The first-order chi connectivity index (χ1) is 7.92. The Kier molecular flexibility index (Phi) is 4.60. The second-order valence-electron chi connectivity index (χ2n) is 4.14. The average molecular weight is 241 g/mol. The Labute approximate surface area is 99.1 Å². The van der Waals surface area contributed by atoms with Gasteiger partial charge in [-0.3, -0.25) is 0 Å². The van der Waals surface area contributed by atoms with Gasteiger partial charge >= 0.3 is 5.97 Å². The Morgan fingerprint density at radius 1 is 1.53 bits per heavy atom. The Morgan fingerprint density at radius 3 is 2.82 bits per heavy atom. The van der Waals surface area contributed by atoms with Crippen LogP contribution in [0, 0.1) is 5.82 Å². The predicted molar refractivity (Wildman–Crippen MR) is 61.2 cm³/mol. The first kappa shape index (κ1) is 13.6. The van der Waals surface area contributed by atoms with Gasteiger partial charge in [-0.15, -0.1) is 0 Å². The third-order valence-electron chi connectivity index (χ3n) is 2.41. The Hall–Kier alpha value is -1.46. The second-order valence-corrected chi connectivity index (χ2v) is 4.14. The van der Waals surface area contributed by atoms with Crippen LogP contribution in [0.2, 0.25) is 0 Å². The number of halogens is 1. The fraction of sp³-hybridized carbons (Fsp3) is 0.417. The number of carboxylic acids is 1. The number of nitrogens with one attached hydrogen (secondary N) is 1. The van der Waals surface area contributed by atoms with Crippen molar-refractivity contribution < 1.29 is 19.4 Å². The van der Waals surface area contributed by atoms with Gasteiger partial charge in [-0.05, 0) is 37.6 Å². The summed E-state index contributed by atoms with van der Waals surface area (Å²) in [4.78, 5) is 10.6. The average Bonchev–Trinajstić information content (AvgIpc) is 2.24. The molecule has 0 radical (unpaired) electrons. The number of hydrogen-bond donors (Lipinski definition) is 3. The highest BCUT2D eigenvalue weighted by Gasteiger charge is 2.28. The molecule has 17 heavy (non-hydrogen) atoms. The number of hydrogen-bond acceptors (Lipinski definition) is 3. The van der Waals surface area contributed by atoms with Crippen molar-refractivity contribution in [3.05, 3.63) is 35.6 Å². The van der Waals surface area contributed by atoms with E-state index in [1.807, 2.05) is 0 Å². The highest BCUT2D eigenvalue weighted by molar-refractivity contribution is 5.76. The molecule has 1 atom stereocenters. The maximum atomic E-state index is 12.8. The molecule has 0 aliphatic carbocycles. The van der Waals surface area contributed by atoms with Gasteiger partial charge < -0.3 is 15.5 Å². The van der Waals surface area contributed by atoms with Gasteiger partial charge in [0.1, 0.15) is 5.82 Å². The van der Waals surface area contributed by atoms with Crippen molar-refractivity contribution >= 4 is 5.97 Å². The van der Waals surface area contributed by atoms with Crippen LogP contribution in [0.15, 0.2) is 24.3 Å². The van der Waals surface area contributed by atoms with E-state index in [4.69, 9.17) is 5.11 Å². The van der Waals surface area contributed by atoms with Gasteiger partial charge in [0.2, 0.25) is 0 Å². The van der Waals surface area contributed by atoms with E-state index in [-0.39, 0.29) is 12.4 Å². The molecule has 4 nitrogen and oxygen atoms in total. The summed E-state index contributed by atoms with van der Waals surface area (Å²) >= 11 is 0. The largest absolute Gasteiger partial charge is 0.479 e. The number of aliphatic carboxylic acids is 1. The number of carboxylic acid groups (broad SMARTS) is 1. The Morgan fingerprint density at radius 2 is 2.24 bits per heavy atom. The van der Waals surface area contributed by atoms with E-state index in [0.29, 0.717) is 13.0 Å². The molecule has 0 aromatic heterocycles. The molecular formula is C12H16FNO3. The summed E-state index contributed by atoms with van der Waals surface area (Å²) in [5.41, 5.74) is -0.949. The molecule has 94 valence electrons. The van der Waals surface area contributed by atoms with Gasteiger partial charge in [0, 0.05) is 6.54 Å². The maximum Gasteiger partial charge on any atom is 0.336 e. The fourth-order valence-corrected chi connectivity index (χ4v) is 1.33. The Bertz CT molecular complexity index is 393. The molecule has 1 unspecified atom stereocenters. The SMILES string of the molecule is CC(O)(CNCCc1cccc(F)c1)C(=O)O. The molecular weight excluding hydrogens is 225 g/mol. The zero-order valence-electron chi connectivity index (χ0n) is 9.61. The van der Waals surface area contributed by atoms with E-state index >= 15 is 0 Å². The lowest BCUT2D eigenvalue weighted by Gasteiger charge is -2.18. The van der Waals surface area contributed by atoms with Crippen LogP contribution in [0.5, 0.6) is 0 Å². The molecule has 0 bridgehead atoms. The van der Waals surface area contributed by atoms with Gasteiger partial charge in [-0.25, -0.2) is 9.18 Å². The molecule has 0 saturated carbocycles. The van der Waals surface area contributed by atoms with Crippen molar-refractivity contribution in [1.82, 2.24) is 5.32 Å². The molecule has 0 aliphatic rings. The monoisotopic (exact) mass is 241 g/mol.